The number of ether oxygens (including phenoxy) is 1. The highest BCUT2D eigenvalue weighted by molar-refractivity contribution is 7.18. The monoisotopic (exact) mass is 643 g/mol. The maximum Gasteiger partial charge on any atom is 0.282 e. The number of nitrogens with one attached hydrogen (secondary N) is 1. The summed E-state index contributed by atoms with van der Waals surface area (Å²) in [6, 6.07) is 5.49. The Balaban J connectivity index is 0.946. The SMILES string of the molecule is CC(C)[C@H](C1CC(Nc2nnc(N)s2)C1)N1CC2(CCN(c3ncnnc3Oc3ccc(F)cc3-c3cncnc3C3CC3)C2)C1. The van der Waals surface area contributed by atoms with E-state index in [0.29, 0.717) is 58.0 Å². The zero-order valence-corrected chi connectivity index (χ0v) is 26.8. The van der Waals surface area contributed by atoms with Gasteiger partial charge in [0.2, 0.25) is 10.3 Å². The van der Waals surface area contributed by atoms with Gasteiger partial charge in [-0.2, -0.15) is 0 Å². The predicted molar refractivity (Wildman–Crippen MR) is 173 cm³/mol. The summed E-state index contributed by atoms with van der Waals surface area (Å²) in [6.45, 7) is 8.58. The molecule has 2 aliphatic heterocycles. The van der Waals surface area contributed by atoms with Crippen LogP contribution in [-0.2, 0) is 0 Å². The van der Waals surface area contributed by atoms with Crippen molar-refractivity contribution in [3.63, 3.8) is 0 Å². The van der Waals surface area contributed by atoms with E-state index in [-0.39, 0.29) is 11.2 Å². The molecule has 1 spiro atoms. The first-order valence-corrected chi connectivity index (χ1v) is 17.0. The first-order valence-electron chi connectivity index (χ1n) is 16.1. The lowest BCUT2D eigenvalue weighted by atomic mass is 9.68. The summed E-state index contributed by atoms with van der Waals surface area (Å²) in [5, 5.41) is 21.3. The van der Waals surface area contributed by atoms with Crippen LogP contribution in [0.3, 0.4) is 0 Å². The molecular formula is C32H38FN11OS. The quantitative estimate of drug-likeness (QED) is 0.240. The molecule has 2 saturated carbocycles. The van der Waals surface area contributed by atoms with Gasteiger partial charge in [0.15, 0.2) is 5.82 Å². The molecule has 0 radical (unpaired) electrons. The van der Waals surface area contributed by atoms with Crippen LogP contribution >= 0.6 is 11.3 Å². The number of likely N-dealkylation sites (tertiary alicyclic amines) is 1. The highest BCUT2D eigenvalue weighted by Crippen LogP contribution is 2.49. The third-order valence-corrected chi connectivity index (χ3v) is 10.7. The van der Waals surface area contributed by atoms with E-state index in [1.54, 1.807) is 18.6 Å². The van der Waals surface area contributed by atoms with Gasteiger partial charge in [0, 0.05) is 66.9 Å². The summed E-state index contributed by atoms with van der Waals surface area (Å²) in [6.07, 6.45) is 10.2. The molecular weight excluding hydrogens is 605 g/mol. The van der Waals surface area contributed by atoms with Crippen LogP contribution in [0.5, 0.6) is 11.6 Å². The van der Waals surface area contributed by atoms with Crippen LogP contribution in [0.15, 0.2) is 37.1 Å². The third kappa shape index (κ3) is 5.61. The van der Waals surface area contributed by atoms with E-state index < -0.39 is 0 Å². The second-order valence-corrected chi connectivity index (χ2v) is 14.8. The molecule has 3 N–H and O–H groups in total. The average molecular weight is 644 g/mol. The Morgan fingerprint density at radius 2 is 1.91 bits per heavy atom. The number of halogens is 1. The van der Waals surface area contributed by atoms with Crippen molar-refractivity contribution in [2.75, 3.05) is 42.1 Å². The van der Waals surface area contributed by atoms with Gasteiger partial charge in [0.05, 0.1) is 5.69 Å². The maximum atomic E-state index is 14.5. The summed E-state index contributed by atoms with van der Waals surface area (Å²) in [5.41, 5.74) is 8.27. The van der Waals surface area contributed by atoms with Gasteiger partial charge < -0.3 is 20.7 Å². The number of rotatable bonds is 10. The van der Waals surface area contributed by atoms with Gasteiger partial charge in [0.1, 0.15) is 24.2 Å². The lowest BCUT2D eigenvalue weighted by Gasteiger charge is -2.57. The van der Waals surface area contributed by atoms with Gasteiger partial charge in [-0.05, 0) is 62.1 Å². The zero-order valence-electron chi connectivity index (χ0n) is 26.0. The Labute approximate surface area is 271 Å². The number of aromatic nitrogens is 7. The third-order valence-electron chi connectivity index (χ3n) is 10.1. The lowest BCUT2D eigenvalue weighted by molar-refractivity contribution is -0.0656. The van der Waals surface area contributed by atoms with E-state index in [0.717, 1.165) is 74.7 Å². The fourth-order valence-electron chi connectivity index (χ4n) is 7.87. The number of nitrogens with zero attached hydrogens (tertiary/aromatic N) is 9. The van der Waals surface area contributed by atoms with Gasteiger partial charge in [-0.3, -0.25) is 4.90 Å². The first-order chi connectivity index (χ1) is 22.3. The Bertz CT molecular complexity index is 1720. The minimum atomic E-state index is -0.350. The van der Waals surface area contributed by atoms with E-state index in [9.17, 15) is 4.39 Å². The summed E-state index contributed by atoms with van der Waals surface area (Å²) < 4.78 is 20.9. The van der Waals surface area contributed by atoms with E-state index >= 15 is 0 Å². The summed E-state index contributed by atoms with van der Waals surface area (Å²) in [5.74, 6) is 2.71. The zero-order chi connectivity index (χ0) is 31.4. The van der Waals surface area contributed by atoms with Crippen molar-refractivity contribution in [2.24, 2.45) is 17.3 Å². The van der Waals surface area contributed by atoms with E-state index in [2.05, 4.69) is 64.3 Å². The highest BCUT2D eigenvalue weighted by atomic mass is 32.1. The van der Waals surface area contributed by atoms with Crippen molar-refractivity contribution in [1.82, 2.24) is 40.2 Å². The van der Waals surface area contributed by atoms with Crippen molar-refractivity contribution in [2.45, 2.75) is 64.0 Å². The van der Waals surface area contributed by atoms with Crippen LogP contribution in [0.2, 0.25) is 0 Å². The molecule has 14 heteroatoms. The second kappa shape index (κ2) is 11.6. The number of nitrogen functional groups attached to an aromatic ring is 1. The molecule has 46 heavy (non-hydrogen) atoms. The van der Waals surface area contributed by atoms with Crippen LogP contribution in [-0.4, -0.2) is 78.5 Å². The van der Waals surface area contributed by atoms with Gasteiger partial charge in [0.25, 0.3) is 5.88 Å². The Morgan fingerprint density at radius 1 is 1.07 bits per heavy atom. The van der Waals surface area contributed by atoms with Crippen LogP contribution in [0, 0.1) is 23.1 Å². The van der Waals surface area contributed by atoms with Gasteiger partial charge in [-0.15, -0.1) is 20.4 Å². The fraction of sp³-hybridized carbons (Fsp3) is 0.531. The van der Waals surface area contributed by atoms with Gasteiger partial charge in [-0.25, -0.2) is 19.3 Å². The fourth-order valence-corrected chi connectivity index (χ4v) is 8.45. The number of hydrogen-bond donors (Lipinski definition) is 2. The van der Waals surface area contributed by atoms with Crippen molar-refractivity contribution in [1.29, 1.82) is 0 Å². The number of nitrogens with two attached hydrogens (primary N) is 1. The molecule has 12 nitrogen and oxygen atoms in total. The number of hydrogen-bond acceptors (Lipinski definition) is 13. The largest absolute Gasteiger partial charge is 0.434 e. The predicted octanol–water partition coefficient (Wildman–Crippen LogP) is 5.00. The normalized spacial score (nSPS) is 22.9. The van der Waals surface area contributed by atoms with Gasteiger partial charge in [-0.1, -0.05) is 25.2 Å². The van der Waals surface area contributed by atoms with Crippen LogP contribution in [0.1, 0.15) is 57.6 Å². The molecule has 5 heterocycles. The van der Waals surface area contributed by atoms with Gasteiger partial charge >= 0.3 is 0 Å². The first kappa shape index (κ1) is 29.4. The van der Waals surface area contributed by atoms with E-state index in [1.165, 1.54) is 29.8 Å². The molecule has 4 fully saturated rings. The minimum Gasteiger partial charge on any atom is -0.434 e. The van der Waals surface area contributed by atoms with E-state index in [1.807, 2.05) is 0 Å². The van der Waals surface area contributed by atoms with Crippen LogP contribution < -0.4 is 20.7 Å². The van der Waals surface area contributed by atoms with Crippen molar-refractivity contribution >= 4 is 27.4 Å². The van der Waals surface area contributed by atoms with Crippen molar-refractivity contribution in [3.05, 3.63) is 48.6 Å². The smallest absolute Gasteiger partial charge is 0.282 e. The summed E-state index contributed by atoms with van der Waals surface area (Å²) >= 11 is 1.41. The number of anilines is 3. The maximum absolute atomic E-state index is 14.5. The molecule has 2 saturated heterocycles. The Morgan fingerprint density at radius 3 is 2.67 bits per heavy atom. The highest BCUT2D eigenvalue weighted by Gasteiger charge is 2.53. The summed E-state index contributed by atoms with van der Waals surface area (Å²) in [7, 11) is 0. The van der Waals surface area contributed by atoms with Crippen molar-refractivity contribution in [3.8, 4) is 22.8 Å². The van der Waals surface area contributed by atoms with Crippen molar-refractivity contribution < 1.29 is 9.13 Å². The topological polar surface area (TPSA) is 144 Å². The lowest BCUT2D eigenvalue weighted by Crippen LogP contribution is -2.65. The van der Waals surface area contributed by atoms with Crippen LogP contribution in [0.4, 0.5) is 20.5 Å². The van der Waals surface area contributed by atoms with E-state index in [4.69, 9.17) is 10.5 Å². The molecule has 4 aliphatic rings. The number of benzene rings is 1. The second-order valence-electron chi connectivity index (χ2n) is 13.8. The molecule has 0 bridgehead atoms. The Kier molecular flexibility index (Phi) is 7.43. The Hall–Kier alpha value is -4.04. The average Bonchev–Trinajstić information content (AvgIpc) is 3.63. The molecule has 4 aromatic rings. The molecule has 0 unspecified atom stereocenters. The molecule has 240 valence electrons. The summed E-state index contributed by atoms with van der Waals surface area (Å²) in [4.78, 5) is 18.4. The van der Waals surface area contributed by atoms with Crippen LogP contribution in [0.25, 0.3) is 11.1 Å². The molecule has 3 aromatic heterocycles. The molecule has 2 aliphatic carbocycles. The molecule has 0 amide bonds. The molecule has 1 atom stereocenters. The standard InChI is InChI=1S/C32H38FN11OS/c1-18(2)27(20-9-22(10-20)39-31-42-41-30(34)46-31)44-14-32(15-44)7-8-43(13-32)28-29(40-38-17-37-28)45-25-6-5-21(33)11-23(25)24-12-35-16-36-26(24)19-3-4-19/h5-6,11-12,16-20,22,27H,3-4,7-10,13-15H2,1-2H3,(H2,34,41)(H,39,42)/t20?,22?,27-/m1/s1. The molecule has 1 aromatic carbocycles. The minimum absolute atomic E-state index is 0.211. The molecule has 8 rings (SSSR count).